The van der Waals surface area contributed by atoms with Gasteiger partial charge in [-0.25, -0.2) is 4.99 Å². The van der Waals surface area contributed by atoms with Crippen molar-refractivity contribution in [2.24, 2.45) is 15.7 Å². The first-order chi connectivity index (χ1) is 7.27. The molecule has 1 aliphatic rings. The van der Waals surface area contributed by atoms with Crippen molar-refractivity contribution < 1.29 is 0 Å². The molecule has 1 rings (SSSR count). The van der Waals surface area contributed by atoms with Gasteiger partial charge in [-0.2, -0.15) is 0 Å². The summed E-state index contributed by atoms with van der Waals surface area (Å²) in [5.41, 5.74) is 5.92. The van der Waals surface area contributed by atoms with E-state index in [4.69, 9.17) is 5.73 Å². The average molecular weight is 210 g/mol. The van der Waals surface area contributed by atoms with Crippen molar-refractivity contribution in [1.82, 2.24) is 4.90 Å². The lowest BCUT2D eigenvalue weighted by Gasteiger charge is -2.31. The Morgan fingerprint density at radius 1 is 1.60 bits per heavy atom. The topological polar surface area (TPSA) is 54.0 Å². The van der Waals surface area contributed by atoms with Crippen LogP contribution in [0.5, 0.6) is 0 Å². The number of piperidine rings is 1. The summed E-state index contributed by atoms with van der Waals surface area (Å²) in [7, 11) is 1.79. The Hall–Kier alpha value is -0.900. The van der Waals surface area contributed by atoms with E-state index in [9.17, 15) is 0 Å². The summed E-state index contributed by atoms with van der Waals surface area (Å²) in [6.45, 7) is 4.06. The van der Waals surface area contributed by atoms with Gasteiger partial charge >= 0.3 is 0 Å². The van der Waals surface area contributed by atoms with Crippen molar-refractivity contribution in [2.75, 3.05) is 20.1 Å². The molecule has 0 radical (unpaired) electrons. The number of rotatable bonds is 2. The van der Waals surface area contributed by atoms with E-state index in [0.717, 1.165) is 44.7 Å². The van der Waals surface area contributed by atoms with Crippen LogP contribution in [0.25, 0.3) is 0 Å². The van der Waals surface area contributed by atoms with Gasteiger partial charge in [0.15, 0.2) is 0 Å². The monoisotopic (exact) mass is 210 g/mol. The molecule has 1 saturated heterocycles. The Balaban J connectivity index is 2.50. The van der Waals surface area contributed by atoms with Gasteiger partial charge in [-0.3, -0.25) is 4.99 Å². The maximum atomic E-state index is 5.92. The van der Waals surface area contributed by atoms with Gasteiger partial charge in [0, 0.05) is 32.4 Å². The quantitative estimate of drug-likeness (QED) is 0.551. The molecule has 0 amide bonds. The molecule has 86 valence electrons. The highest BCUT2D eigenvalue weighted by Crippen LogP contribution is 2.09. The molecule has 4 nitrogen and oxygen atoms in total. The average Bonchev–Trinajstić information content (AvgIpc) is 2.24. The largest absolute Gasteiger partial charge is 0.340 e. The van der Waals surface area contributed by atoms with E-state index in [1.165, 1.54) is 0 Å². The Morgan fingerprint density at radius 2 is 2.40 bits per heavy atom. The standard InChI is InChI=1S/C11H22N4/c1-3-4-7-14-11(13-2)15-8-5-6-10(12)9-15/h7,10H,3-6,8-9,12H2,1-2H3/b13-11?,14-7-. The predicted octanol–water partition coefficient (Wildman–Crippen LogP) is 1.27. The number of likely N-dealkylation sites (tertiary alicyclic amines) is 1. The van der Waals surface area contributed by atoms with Gasteiger partial charge in [0.1, 0.15) is 0 Å². The van der Waals surface area contributed by atoms with E-state index in [1.54, 1.807) is 7.05 Å². The van der Waals surface area contributed by atoms with E-state index >= 15 is 0 Å². The summed E-state index contributed by atoms with van der Waals surface area (Å²) >= 11 is 0. The number of hydrogen-bond acceptors (Lipinski definition) is 2. The SMILES string of the molecule is CCC/C=N\C(=NC)N1CCCC(N)C1. The highest BCUT2D eigenvalue weighted by atomic mass is 15.3. The lowest BCUT2D eigenvalue weighted by atomic mass is 10.1. The zero-order valence-electron chi connectivity index (χ0n) is 9.82. The van der Waals surface area contributed by atoms with Crippen LogP contribution in [0.1, 0.15) is 32.6 Å². The van der Waals surface area contributed by atoms with E-state index in [0.29, 0.717) is 0 Å². The molecular weight excluding hydrogens is 188 g/mol. The molecule has 1 atom stereocenters. The highest BCUT2D eigenvalue weighted by Gasteiger charge is 2.18. The van der Waals surface area contributed by atoms with Crippen LogP contribution in [0.3, 0.4) is 0 Å². The number of hydrogen-bond donors (Lipinski definition) is 1. The number of aliphatic imine (C=N–C) groups is 2. The van der Waals surface area contributed by atoms with Crippen molar-refractivity contribution in [3.8, 4) is 0 Å². The molecule has 1 heterocycles. The molecule has 4 heteroatoms. The molecule has 0 aromatic rings. The van der Waals surface area contributed by atoms with Crippen molar-refractivity contribution in [1.29, 1.82) is 0 Å². The van der Waals surface area contributed by atoms with E-state index < -0.39 is 0 Å². The molecule has 0 bridgehead atoms. The minimum absolute atomic E-state index is 0.275. The van der Waals surface area contributed by atoms with Crippen LogP contribution >= 0.6 is 0 Å². The van der Waals surface area contributed by atoms with Crippen LogP contribution in [0.15, 0.2) is 9.98 Å². The highest BCUT2D eigenvalue weighted by molar-refractivity contribution is 5.87. The lowest BCUT2D eigenvalue weighted by molar-refractivity contribution is 0.307. The number of guanidine groups is 1. The molecular formula is C11H22N4. The summed E-state index contributed by atoms with van der Waals surface area (Å²) in [6.07, 6.45) is 6.34. The van der Waals surface area contributed by atoms with Gasteiger partial charge in [-0.05, 0) is 19.3 Å². The maximum absolute atomic E-state index is 5.92. The third-order valence-electron chi connectivity index (χ3n) is 2.57. The van der Waals surface area contributed by atoms with E-state index in [-0.39, 0.29) is 6.04 Å². The number of nitrogens with two attached hydrogens (primary N) is 1. The summed E-state index contributed by atoms with van der Waals surface area (Å²) in [4.78, 5) is 10.8. The van der Waals surface area contributed by atoms with Crippen LogP contribution in [-0.2, 0) is 0 Å². The zero-order chi connectivity index (χ0) is 11.1. The molecule has 0 aromatic heterocycles. The molecule has 0 spiro atoms. The second-order valence-corrected chi connectivity index (χ2v) is 3.97. The van der Waals surface area contributed by atoms with Crippen LogP contribution in [0.4, 0.5) is 0 Å². The van der Waals surface area contributed by atoms with Gasteiger partial charge in [-0.15, -0.1) is 0 Å². The predicted molar refractivity (Wildman–Crippen MR) is 65.5 cm³/mol. The fourth-order valence-corrected chi connectivity index (χ4v) is 1.75. The fourth-order valence-electron chi connectivity index (χ4n) is 1.75. The number of nitrogens with zero attached hydrogens (tertiary/aromatic N) is 3. The fraction of sp³-hybridized carbons (Fsp3) is 0.818. The third kappa shape index (κ3) is 4.00. The summed E-state index contributed by atoms with van der Waals surface area (Å²) in [5, 5.41) is 0. The Morgan fingerprint density at radius 3 is 3.00 bits per heavy atom. The molecule has 2 N–H and O–H groups in total. The van der Waals surface area contributed by atoms with Crippen LogP contribution in [-0.4, -0.2) is 43.3 Å². The minimum Gasteiger partial charge on any atom is -0.340 e. The van der Waals surface area contributed by atoms with Gasteiger partial charge in [0.25, 0.3) is 0 Å². The van der Waals surface area contributed by atoms with Gasteiger partial charge in [0.05, 0.1) is 0 Å². The van der Waals surface area contributed by atoms with Gasteiger partial charge in [0.2, 0.25) is 5.96 Å². The van der Waals surface area contributed by atoms with Crippen molar-refractivity contribution >= 4 is 12.2 Å². The number of unbranched alkanes of at least 4 members (excludes halogenated alkanes) is 1. The van der Waals surface area contributed by atoms with Crippen molar-refractivity contribution in [3.63, 3.8) is 0 Å². The van der Waals surface area contributed by atoms with Gasteiger partial charge in [-0.1, -0.05) is 13.3 Å². The molecule has 1 unspecified atom stereocenters. The Bertz CT molecular complexity index is 235. The maximum Gasteiger partial charge on any atom is 0.220 e. The van der Waals surface area contributed by atoms with Crippen molar-refractivity contribution in [2.45, 2.75) is 38.6 Å². The minimum atomic E-state index is 0.275. The molecule has 0 saturated carbocycles. The lowest BCUT2D eigenvalue weighted by Crippen LogP contribution is -2.45. The Labute approximate surface area is 92.3 Å². The molecule has 15 heavy (non-hydrogen) atoms. The summed E-state index contributed by atoms with van der Waals surface area (Å²) in [5.74, 6) is 0.832. The first kappa shape index (κ1) is 12.2. The van der Waals surface area contributed by atoms with Crippen LogP contribution in [0, 0.1) is 0 Å². The molecule has 1 fully saturated rings. The summed E-state index contributed by atoms with van der Waals surface area (Å²) in [6, 6.07) is 0.275. The third-order valence-corrected chi connectivity index (χ3v) is 2.57. The molecule has 0 aromatic carbocycles. The van der Waals surface area contributed by atoms with Crippen molar-refractivity contribution in [3.05, 3.63) is 0 Å². The van der Waals surface area contributed by atoms with E-state index in [1.807, 2.05) is 6.21 Å². The first-order valence-corrected chi connectivity index (χ1v) is 5.77. The summed E-state index contributed by atoms with van der Waals surface area (Å²) < 4.78 is 0. The van der Waals surface area contributed by atoms with Crippen LogP contribution < -0.4 is 5.73 Å². The second kappa shape index (κ2) is 6.56. The Kier molecular flexibility index (Phi) is 5.32. The first-order valence-electron chi connectivity index (χ1n) is 5.77. The molecule has 1 aliphatic heterocycles. The van der Waals surface area contributed by atoms with Gasteiger partial charge < -0.3 is 10.6 Å². The zero-order valence-corrected chi connectivity index (χ0v) is 9.82. The normalized spacial score (nSPS) is 23.8. The smallest absolute Gasteiger partial charge is 0.220 e. The second-order valence-electron chi connectivity index (χ2n) is 3.97. The molecule has 0 aliphatic carbocycles. The van der Waals surface area contributed by atoms with Crippen LogP contribution in [0.2, 0.25) is 0 Å². The van der Waals surface area contributed by atoms with E-state index in [2.05, 4.69) is 21.8 Å².